The maximum atomic E-state index is 3.82. The van der Waals surface area contributed by atoms with Gasteiger partial charge in [0.2, 0.25) is 0 Å². The maximum absolute atomic E-state index is 3.82. The molecule has 0 atom stereocenters. The summed E-state index contributed by atoms with van der Waals surface area (Å²) in [6.45, 7) is 10.6. The predicted octanol–water partition coefficient (Wildman–Crippen LogP) is 5.77. The third-order valence-corrected chi connectivity index (χ3v) is 3.67. The molecule has 0 heteroatoms. The van der Waals surface area contributed by atoms with Crippen molar-refractivity contribution < 1.29 is 0 Å². The second-order valence-electron chi connectivity index (χ2n) is 6.32. The minimum atomic E-state index is 0.187. The lowest BCUT2D eigenvalue weighted by molar-refractivity contribution is 0.590. The van der Waals surface area contributed by atoms with Crippen LogP contribution in [-0.4, -0.2) is 0 Å². The fourth-order valence-corrected chi connectivity index (χ4v) is 2.43. The van der Waals surface area contributed by atoms with E-state index in [9.17, 15) is 0 Å². The molecule has 0 heterocycles. The van der Waals surface area contributed by atoms with Gasteiger partial charge in [-0.25, -0.2) is 0 Å². The van der Waals surface area contributed by atoms with Crippen molar-refractivity contribution in [3.05, 3.63) is 72.3 Å². The van der Waals surface area contributed by atoms with Gasteiger partial charge in [0.1, 0.15) is 0 Å². The highest BCUT2D eigenvalue weighted by atomic mass is 14.2. The molecule has 0 saturated carbocycles. The van der Waals surface area contributed by atoms with Gasteiger partial charge in [-0.3, -0.25) is 0 Å². The van der Waals surface area contributed by atoms with Crippen molar-refractivity contribution in [3.63, 3.8) is 0 Å². The highest BCUT2D eigenvalue weighted by Crippen LogP contribution is 2.29. The molecule has 2 rings (SSSR count). The number of rotatable bonds is 4. The summed E-state index contributed by atoms with van der Waals surface area (Å²) in [6.07, 6.45) is 4.07. The molecule has 0 aliphatic heterocycles. The van der Waals surface area contributed by atoms with E-state index in [4.69, 9.17) is 0 Å². The van der Waals surface area contributed by atoms with Crippen LogP contribution in [-0.2, 0) is 11.8 Å². The molecule has 0 nitrogen and oxygen atoms in total. The lowest BCUT2D eigenvalue weighted by Gasteiger charge is -2.20. The van der Waals surface area contributed by atoms with Crippen molar-refractivity contribution in [2.24, 2.45) is 0 Å². The van der Waals surface area contributed by atoms with Gasteiger partial charge in [0.05, 0.1) is 0 Å². The van der Waals surface area contributed by atoms with Gasteiger partial charge in [-0.1, -0.05) is 75.4 Å². The molecule has 20 heavy (non-hydrogen) atoms. The fourth-order valence-electron chi connectivity index (χ4n) is 2.43. The second kappa shape index (κ2) is 6.09. The van der Waals surface area contributed by atoms with Crippen LogP contribution in [0.15, 0.2) is 61.2 Å². The zero-order chi connectivity index (χ0) is 14.6. The van der Waals surface area contributed by atoms with Gasteiger partial charge in [0, 0.05) is 0 Å². The summed E-state index contributed by atoms with van der Waals surface area (Å²) in [5.41, 5.74) is 5.64. The van der Waals surface area contributed by atoms with Crippen LogP contribution in [0.3, 0.4) is 0 Å². The van der Waals surface area contributed by atoms with Crippen LogP contribution in [0.1, 0.15) is 38.3 Å². The molecule has 0 aliphatic carbocycles. The first-order chi connectivity index (χ1) is 9.52. The molecule has 0 radical (unpaired) electrons. The summed E-state index contributed by atoms with van der Waals surface area (Å²) in [4.78, 5) is 0. The minimum Gasteiger partial charge on any atom is -0.103 e. The quantitative estimate of drug-likeness (QED) is 0.615. The molecule has 0 aliphatic rings. The van der Waals surface area contributed by atoms with Gasteiger partial charge in [0.15, 0.2) is 0 Å². The Hall–Kier alpha value is -1.82. The summed E-state index contributed by atoms with van der Waals surface area (Å²) in [5.74, 6) is 0. The molecule has 0 aromatic heterocycles. The van der Waals surface area contributed by atoms with Gasteiger partial charge in [0.25, 0.3) is 0 Å². The fraction of sp³-hybridized carbons (Fsp3) is 0.300. The van der Waals surface area contributed by atoms with Crippen LogP contribution in [0.5, 0.6) is 0 Å². The molecule has 0 N–H and O–H groups in total. The number of allylic oxidation sites excluding steroid dienone is 1. The lowest BCUT2D eigenvalue weighted by Crippen LogP contribution is -2.10. The normalized spacial score (nSPS) is 11.3. The van der Waals surface area contributed by atoms with E-state index in [1.54, 1.807) is 0 Å². The highest BCUT2D eigenvalue weighted by molar-refractivity contribution is 5.68. The first kappa shape index (κ1) is 14.6. The summed E-state index contributed by atoms with van der Waals surface area (Å²) in [5, 5.41) is 0. The van der Waals surface area contributed by atoms with Gasteiger partial charge in [-0.15, -0.1) is 6.58 Å². The average molecular weight is 264 g/mol. The number of hydrogen-bond acceptors (Lipinski definition) is 0. The minimum absolute atomic E-state index is 0.187. The Morgan fingerprint density at radius 1 is 1.00 bits per heavy atom. The second-order valence-corrected chi connectivity index (χ2v) is 6.32. The van der Waals surface area contributed by atoms with Crippen LogP contribution in [0.4, 0.5) is 0 Å². The first-order valence-electron chi connectivity index (χ1n) is 7.32. The van der Waals surface area contributed by atoms with Gasteiger partial charge < -0.3 is 0 Å². The molecule has 2 aromatic rings. The van der Waals surface area contributed by atoms with Crippen molar-refractivity contribution in [2.75, 3.05) is 0 Å². The Morgan fingerprint density at radius 2 is 1.75 bits per heavy atom. The van der Waals surface area contributed by atoms with Crippen LogP contribution < -0.4 is 0 Å². The van der Waals surface area contributed by atoms with Crippen molar-refractivity contribution in [1.29, 1.82) is 0 Å². The number of aryl methyl sites for hydroxylation is 1. The molecule has 0 bridgehead atoms. The van der Waals surface area contributed by atoms with Gasteiger partial charge >= 0.3 is 0 Å². The number of benzene rings is 2. The Bertz CT molecular complexity index is 585. The molecule has 104 valence electrons. The van der Waals surface area contributed by atoms with E-state index in [1.165, 1.54) is 22.3 Å². The zero-order valence-corrected chi connectivity index (χ0v) is 12.8. The molecule has 0 unspecified atom stereocenters. The molecule has 0 saturated heterocycles. The van der Waals surface area contributed by atoms with E-state index in [2.05, 4.69) is 75.9 Å². The van der Waals surface area contributed by atoms with Crippen molar-refractivity contribution in [2.45, 2.75) is 39.0 Å². The Balaban J connectivity index is 2.43. The third kappa shape index (κ3) is 3.39. The summed E-state index contributed by atoms with van der Waals surface area (Å²) >= 11 is 0. The largest absolute Gasteiger partial charge is 0.103 e. The lowest BCUT2D eigenvalue weighted by atomic mass is 9.85. The smallest absolute Gasteiger partial charge is 0.0132 e. The number of hydrogen-bond donors (Lipinski definition) is 0. The zero-order valence-electron chi connectivity index (χ0n) is 12.8. The monoisotopic (exact) mass is 264 g/mol. The first-order valence-corrected chi connectivity index (χ1v) is 7.32. The summed E-state index contributed by atoms with van der Waals surface area (Å²) < 4.78 is 0. The SMILES string of the molecule is C=CCCc1ccccc1-c1cccc(C(C)(C)C)c1. The van der Waals surface area contributed by atoms with Crippen molar-refractivity contribution >= 4 is 0 Å². The highest BCUT2D eigenvalue weighted by Gasteiger charge is 2.14. The van der Waals surface area contributed by atoms with Crippen LogP contribution in [0.25, 0.3) is 11.1 Å². The summed E-state index contributed by atoms with van der Waals surface area (Å²) in [6, 6.07) is 17.6. The van der Waals surface area contributed by atoms with Crippen LogP contribution in [0.2, 0.25) is 0 Å². The molecule has 2 aromatic carbocycles. The van der Waals surface area contributed by atoms with Gasteiger partial charge in [-0.05, 0) is 40.5 Å². The molecule has 0 spiro atoms. The van der Waals surface area contributed by atoms with Crippen LogP contribution >= 0.6 is 0 Å². The van der Waals surface area contributed by atoms with E-state index in [0.29, 0.717) is 0 Å². The van der Waals surface area contributed by atoms with E-state index >= 15 is 0 Å². The van der Waals surface area contributed by atoms with Crippen molar-refractivity contribution in [3.8, 4) is 11.1 Å². The Kier molecular flexibility index (Phi) is 4.44. The van der Waals surface area contributed by atoms with E-state index in [-0.39, 0.29) is 5.41 Å². The third-order valence-electron chi connectivity index (χ3n) is 3.67. The molecular formula is C20H24. The maximum Gasteiger partial charge on any atom is -0.0132 e. The molecular weight excluding hydrogens is 240 g/mol. The van der Waals surface area contributed by atoms with Crippen molar-refractivity contribution in [1.82, 2.24) is 0 Å². The standard InChI is InChI=1S/C20H24/c1-5-6-10-16-11-7-8-14-19(16)17-12-9-13-18(15-17)20(2,3)4/h5,7-9,11-15H,1,6,10H2,2-4H3. The predicted molar refractivity (Wildman–Crippen MR) is 89.1 cm³/mol. The molecule has 0 fully saturated rings. The topological polar surface area (TPSA) is 0 Å². The van der Waals surface area contributed by atoms with Crippen LogP contribution in [0, 0.1) is 0 Å². The van der Waals surface area contributed by atoms with Gasteiger partial charge in [-0.2, -0.15) is 0 Å². The van der Waals surface area contributed by atoms with E-state index < -0.39 is 0 Å². The Morgan fingerprint density at radius 3 is 2.45 bits per heavy atom. The van der Waals surface area contributed by atoms with E-state index in [1.807, 2.05) is 6.08 Å². The van der Waals surface area contributed by atoms with E-state index in [0.717, 1.165) is 12.8 Å². The summed E-state index contributed by atoms with van der Waals surface area (Å²) in [7, 11) is 0. The Labute approximate surface area is 123 Å². The average Bonchev–Trinajstić information content (AvgIpc) is 2.45. The molecule has 0 amide bonds.